The fourth-order valence-electron chi connectivity index (χ4n) is 3.22. The lowest BCUT2D eigenvalue weighted by atomic mass is 9.94. The number of morpholine rings is 1. The molecule has 21 heavy (non-hydrogen) atoms. The van der Waals surface area contributed by atoms with E-state index in [1.165, 1.54) is 5.56 Å². The minimum absolute atomic E-state index is 0.218. The summed E-state index contributed by atoms with van der Waals surface area (Å²) in [5.74, 6) is 0.563. The van der Waals surface area contributed by atoms with E-state index in [2.05, 4.69) is 35.2 Å². The van der Waals surface area contributed by atoms with Gasteiger partial charge in [-0.3, -0.25) is 9.69 Å². The Morgan fingerprint density at radius 2 is 1.71 bits per heavy atom. The van der Waals surface area contributed by atoms with Crippen molar-refractivity contribution >= 4 is 5.91 Å². The number of rotatable bonds is 3. The number of likely N-dealkylation sites (tertiary alicyclic amines) is 1. The fourth-order valence-corrected chi connectivity index (χ4v) is 3.22. The number of hydrogen-bond donors (Lipinski definition) is 0. The molecule has 0 N–H and O–H groups in total. The zero-order valence-corrected chi connectivity index (χ0v) is 12.5. The van der Waals surface area contributed by atoms with Crippen LogP contribution in [0.4, 0.5) is 0 Å². The molecule has 0 bridgehead atoms. The smallest absolute Gasteiger partial charge is 0.225 e. The van der Waals surface area contributed by atoms with Crippen LogP contribution in [0.1, 0.15) is 18.4 Å². The second-order valence-corrected chi connectivity index (χ2v) is 5.97. The second kappa shape index (κ2) is 7.05. The van der Waals surface area contributed by atoms with Crippen molar-refractivity contribution in [1.82, 2.24) is 9.80 Å². The van der Waals surface area contributed by atoms with Crippen molar-refractivity contribution in [2.75, 3.05) is 39.4 Å². The van der Waals surface area contributed by atoms with E-state index in [9.17, 15) is 4.79 Å². The molecule has 0 aliphatic carbocycles. The molecule has 1 amide bonds. The lowest BCUT2D eigenvalue weighted by molar-refractivity contribution is -0.141. The molecule has 114 valence electrons. The van der Waals surface area contributed by atoms with E-state index in [1.54, 1.807) is 0 Å². The van der Waals surface area contributed by atoms with Gasteiger partial charge in [0.05, 0.1) is 13.2 Å². The van der Waals surface area contributed by atoms with Gasteiger partial charge in [-0.05, 0) is 31.5 Å². The average Bonchev–Trinajstić information content (AvgIpc) is 2.57. The van der Waals surface area contributed by atoms with E-state index in [0.717, 1.165) is 45.6 Å². The molecule has 3 rings (SSSR count). The molecule has 2 heterocycles. The van der Waals surface area contributed by atoms with Crippen molar-refractivity contribution < 1.29 is 9.53 Å². The van der Waals surface area contributed by atoms with Crippen LogP contribution in [-0.4, -0.2) is 55.1 Å². The van der Waals surface area contributed by atoms with Gasteiger partial charge in [-0.1, -0.05) is 30.3 Å². The molecule has 0 atom stereocenters. The standard InChI is InChI=1S/C17H24N2O2/c20-17(19-10-12-21-13-11-19)16-6-8-18(9-7-16)14-15-4-2-1-3-5-15/h1-5,16H,6-14H2. The summed E-state index contributed by atoms with van der Waals surface area (Å²) < 4.78 is 5.32. The molecule has 1 aromatic rings. The first-order chi connectivity index (χ1) is 10.3. The van der Waals surface area contributed by atoms with Crippen molar-refractivity contribution in [3.63, 3.8) is 0 Å². The molecule has 2 aliphatic rings. The molecule has 0 saturated carbocycles. The summed E-state index contributed by atoms with van der Waals surface area (Å²) in [6.45, 7) is 5.97. The number of carbonyl (C=O) groups excluding carboxylic acids is 1. The molecule has 0 radical (unpaired) electrons. The van der Waals surface area contributed by atoms with Crippen LogP contribution in [0, 0.1) is 5.92 Å². The predicted molar refractivity (Wildman–Crippen MR) is 81.8 cm³/mol. The van der Waals surface area contributed by atoms with Gasteiger partial charge in [0.2, 0.25) is 5.91 Å². The van der Waals surface area contributed by atoms with E-state index in [1.807, 2.05) is 4.90 Å². The lowest BCUT2D eigenvalue weighted by Gasteiger charge is -2.35. The van der Waals surface area contributed by atoms with Gasteiger partial charge in [0.15, 0.2) is 0 Å². The molecule has 0 spiro atoms. The molecule has 4 heteroatoms. The number of hydrogen-bond acceptors (Lipinski definition) is 3. The predicted octanol–water partition coefficient (Wildman–Crippen LogP) is 1.76. The third-order valence-corrected chi connectivity index (χ3v) is 4.51. The summed E-state index contributed by atoms with van der Waals surface area (Å²) >= 11 is 0. The van der Waals surface area contributed by atoms with Crippen LogP contribution in [-0.2, 0) is 16.1 Å². The first-order valence-corrected chi connectivity index (χ1v) is 7.96. The highest BCUT2D eigenvalue weighted by Gasteiger charge is 2.29. The maximum absolute atomic E-state index is 12.5. The summed E-state index contributed by atoms with van der Waals surface area (Å²) in [4.78, 5) is 16.9. The quantitative estimate of drug-likeness (QED) is 0.849. The number of carbonyl (C=O) groups is 1. The number of ether oxygens (including phenoxy) is 1. The van der Waals surface area contributed by atoms with E-state index < -0.39 is 0 Å². The summed E-state index contributed by atoms with van der Waals surface area (Å²) in [6.07, 6.45) is 1.98. The number of piperidine rings is 1. The average molecular weight is 288 g/mol. The molecule has 0 aromatic heterocycles. The van der Waals surface area contributed by atoms with Crippen LogP contribution in [0.2, 0.25) is 0 Å². The monoisotopic (exact) mass is 288 g/mol. The Morgan fingerprint density at radius 3 is 2.38 bits per heavy atom. The largest absolute Gasteiger partial charge is 0.378 e. The Kier molecular flexibility index (Phi) is 4.88. The molecule has 4 nitrogen and oxygen atoms in total. The van der Waals surface area contributed by atoms with E-state index in [-0.39, 0.29) is 5.92 Å². The Bertz CT molecular complexity index is 449. The minimum atomic E-state index is 0.218. The highest BCUT2D eigenvalue weighted by atomic mass is 16.5. The first kappa shape index (κ1) is 14.5. The van der Waals surface area contributed by atoms with Crippen LogP contribution >= 0.6 is 0 Å². The number of amides is 1. The van der Waals surface area contributed by atoms with Gasteiger partial charge in [-0.15, -0.1) is 0 Å². The van der Waals surface area contributed by atoms with Gasteiger partial charge < -0.3 is 9.64 Å². The third-order valence-electron chi connectivity index (χ3n) is 4.51. The van der Waals surface area contributed by atoms with Gasteiger partial charge >= 0.3 is 0 Å². The van der Waals surface area contributed by atoms with Gasteiger partial charge in [0, 0.05) is 25.6 Å². The highest BCUT2D eigenvalue weighted by molar-refractivity contribution is 5.79. The summed E-state index contributed by atoms with van der Waals surface area (Å²) in [5, 5.41) is 0. The Hall–Kier alpha value is -1.39. The van der Waals surface area contributed by atoms with Crippen LogP contribution in [0.5, 0.6) is 0 Å². The topological polar surface area (TPSA) is 32.8 Å². The zero-order chi connectivity index (χ0) is 14.5. The summed E-state index contributed by atoms with van der Waals surface area (Å²) in [6, 6.07) is 10.6. The normalized spacial score (nSPS) is 21.4. The maximum Gasteiger partial charge on any atom is 0.225 e. The van der Waals surface area contributed by atoms with Crippen molar-refractivity contribution in [1.29, 1.82) is 0 Å². The van der Waals surface area contributed by atoms with Gasteiger partial charge in [-0.2, -0.15) is 0 Å². The van der Waals surface area contributed by atoms with Gasteiger partial charge in [0.25, 0.3) is 0 Å². The molecular formula is C17H24N2O2. The van der Waals surface area contributed by atoms with E-state index in [4.69, 9.17) is 4.74 Å². The van der Waals surface area contributed by atoms with E-state index >= 15 is 0 Å². The third kappa shape index (κ3) is 3.83. The molecule has 1 aromatic carbocycles. The zero-order valence-electron chi connectivity index (χ0n) is 12.5. The molecular weight excluding hydrogens is 264 g/mol. The summed E-state index contributed by atoms with van der Waals surface area (Å²) in [5.41, 5.74) is 1.36. The van der Waals surface area contributed by atoms with Gasteiger partial charge in [-0.25, -0.2) is 0 Å². The van der Waals surface area contributed by atoms with Crippen LogP contribution in [0.25, 0.3) is 0 Å². The Morgan fingerprint density at radius 1 is 1.05 bits per heavy atom. The Balaban J connectivity index is 1.47. The Labute approximate surface area is 126 Å². The maximum atomic E-state index is 12.5. The second-order valence-electron chi connectivity index (χ2n) is 5.97. The molecule has 2 fully saturated rings. The summed E-state index contributed by atoms with van der Waals surface area (Å²) in [7, 11) is 0. The van der Waals surface area contributed by atoms with Crippen molar-refractivity contribution in [3.05, 3.63) is 35.9 Å². The van der Waals surface area contributed by atoms with Crippen molar-refractivity contribution in [2.24, 2.45) is 5.92 Å². The van der Waals surface area contributed by atoms with Crippen molar-refractivity contribution in [3.8, 4) is 0 Å². The van der Waals surface area contributed by atoms with Crippen LogP contribution in [0.3, 0.4) is 0 Å². The molecule has 2 saturated heterocycles. The number of benzene rings is 1. The highest BCUT2D eigenvalue weighted by Crippen LogP contribution is 2.21. The fraction of sp³-hybridized carbons (Fsp3) is 0.588. The van der Waals surface area contributed by atoms with Crippen molar-refractivity contribution in [2.45, 2.75) is 19.4 Å². The lowest BCUT2D eigenvalue weighted by Crippen LogP contribution is -2.46. The van der Waals surface area contributed by atoms with Crippen LogP contribution < -0.4 is 0 Å². The minimum Gasteiger partial charge on any atom is -0.378 e. The molecule has 0 unspecified atom stereocenters. The SMILES string of the molecule is O=C(C1CCN(Cc2ccccc2)CC1)N1CCOCC1. The first-order valence-electron chi connectivity index (χ1n) is 7.96. The number of nitrogens with zero attached hydrogens (tertiary/aromatic N) is 2. The van der Waals surface area contributed by atoms with E-state index in [0.29, 0.717) is 19.1 Å². The molecule has 2 aliphatic heterocycles. The van der Waals surface area contributed by atoms with Gasteiger partial charge in [0.1, 0.15) is 0 Å². The van der Waals surface area contributed by atoms with Crippen LogP contribution in [0.15, 0.2) is 30.3 Å².